The lowest BCUT2D eigenvalue weighted by molar-refractivity contribution is 0.413. The summed E-state index contributed by atoms with van der Waals surface area (Å²) in [6.45, 7) is 0.839. The van der Waals surface area contributed by atoms with Crippen LogP contribution in [0.4, 0.5) is 0 Å². The number of ether oxygens (including phenoxy) is 1. The molecular weight excluding hydrogens is 196 g/mol. The predicted molar refractivity (Wildman–Crippen MR) is 59.5 cm³/mol. The van der Waals surface area contributed by atoms with Crippen molar-refractivity contribution in [1.82, 2.24) is 10.6 Å². The molecule has 1 aliphatic heterocycles. The van der Waals surface area contributed by atoms with E-state index in [1.807, 2.05) is 18.2 Å². The topological polar surface area (TPSA) is 33.3 Å². The number of hydrogen-bond donors (Lipinski definition) is 2. The van der Waals surface area contributed by atoms with E-state index in [4.69, 9.17) is 17.0 Å². The minimum absolute atomic E-state index is 0.262. The SMILES string of the molecule is COc1cccc(C2CNC(=S)N2)c1. The number of thiocarbonyl (C=S) groups is 1. The van der Waals surface area contributed by atoms with E-state index in [0.29, 0.717) is 0 Å². The molecule has 2 rings (SSSR count). The fraction of sp³-hybridized carbons (Fsp3) is 0.300. The molecule has 0 amide bonds. The fourth-order valence-electron chi connectivity index (χ4n) is 1.51. The predicted octanol–water partition coefficient (Wildman–Crippen LogP) is 1.21. The number of rotatable bonds is 2. The Morgan fingerprint density at radius 3 is 3.00 bits per heavy atom. The quantitative estimate of drug-likeness (QED) is 0.716. The van der Waals surface area contributed by atoms with Crippen LogP contribution in [0.3, 0.4) is 0 Å². The monoisotopic (exact) mass is 208 g/mol. The van der Waals surface area contributed by atoms with Crippen LogP contribution in [0, 0.1) is 0 Å². The molecule has 3 nitrogen and oxygen atoms in total. The summed E-state index contributed by atoms with van der Waals surface area (Å²) in [5.74, 6) is 0.877. The minimum Gasteiger partial charge on any atom is -0.497 e. The summed E-state index contributed by atoms with van der Waals surface area (Å²) < 4.78 is 5.16. The van der Waals surface area contributed by atoms with Crippen LogP contribution >= 0.6 is 12.2 Å². The second kappa shape index (κ2) is 3.84. The Morgan fingerprint density at radius 2 is 2.36 bits per heavy atom. The van der Waals surface area contributed by atoms with Gasteiger partial charge < -0.3 is 15.4 Å². The second-order valence-corrected chi connectivity index (χ2v) is 3.59. The van der Waals surface area contributed by atoms with Crippen LogP contribution in [0.5, 0.6) is 5.75 Å². The van der Waals surface area contributed by atoms with Gasteiger partial charge in [0.05, 0.1) is 13.2 Å². The van der Waals surface area contributed by atoms with Crippen LogP contribution in [-0.4, -0.2) is 18.8 Å². The van der Waals surface area contributed by atoms with Crippen molar-refractivity contribution in [2.45, 2.75) is 6.04 Å². The maximum Gasteiger partial charge on any atom is 0.166 e. The van der Waals surface area contributed by atoms with Gasteiger partial charge in [-0.25, -0.2) is 0 Å². The van der Waals surface area contributed by atoms with Gasteiger partial charge in [-0.2, -0.15) is 0 Å². The maximum absolute atomic E-state index is 5.16. The smallest absolute Gasteiger partial charge is 0.166 e. The van der Waals surface area contributed by atoms with Gasteiger partial charge in [-0.3, -0.25) is 0 Å². The highest BCUT2D eigenvalue weighted by Gasteiger charge is 2.18. The highest BCUT2D eigenvalue weighted by atomic mass is 32.1. The molecule has 1 saturated heterocycles. The van der Waals surface area contributed by atoms with Crippen LogP contribution in [-0.2, 0) is 0 Å². The molecule has 1 aliphatic rings. The molecular formula is C10H12N2OS. The van der Waals surface area contributed by atoms with Gasteiger partial charge in [0.25, 0.3) is 0 Å². The zero-order valence-electron chi connectivity index (χ0n) is 7.91. The van der Waals surface area contributed by atoms with E-state index < -0.39 is 0 Å². The minimum atomic E-state index is 0.262. The van der Waals surface area contributed by atoms with Crippen molar-refractivity contribution >= 4 is 17.3 Å². The molecule has 1 atom stereocenters. The Balaban J connectivity index is 2.19. The molecule has 14 heavy (non-hydrogen) atoms. The van der Waals surface area contributed by atoms with Gasteiger partial charge in [0.2, 0.25) is 0 Å². The van der Waals surface area contributed by atoms with Gasteiger partial charge in [-0.1, -0.05) is 12.1 Å². The molecule has 74 valence electrons. The highest BCUT2D eigenvalue weighted by Crippen LogP contribution is 2.20. The first-order chi connectivity index (χ1) is 6.79. The molecule has 1 heterocycles. The molecule has 1 aromatic carbocycles. The molecule has 0 aliphatic carbocycles. The van der Waals surface area contributed by atoms with E-state index in [9.17, 15) is 0 Å². The van der Waals surface area contributed by atoms with E-state index in [1.165, 1.54) is 5.56 Å². The summed E-state index contributed by atoms with van der Waals surface area (Å²) in [6.07, 6.45) is 0. The fourth-order valence-corrected chi connectivity index (χ4v) is 1.74. The number of hydrogen-bond acceptors (Lipinski definition) is 2. The van der Waals surface area contributed by atoms with E-state index in [-0.39, 0.29) is 6.04 Å². The number of benzene rings is 1. The van der Waals surface area contributed by atoms with Crippen molar-refractivity contribution in [3.8, 4) is 5.75 Å². The Kier molecular flexibility index (Phi) is 2.54. The van der Waals surface area contributed by atoms with Crippen molar-refractivity contribution in [2.24, 2.45) is 0 Å². The third kappa shape index (κ3) is 1.80. The van der Waals surface area contributed by atoms with Crippen LogP contribution in [0.2, 0.25) is 0 Å². The second-order valence-electron chi connectivity index (χ2n) is 3.18. The Hall–Kier alpha value is -1.29. The molecule has 1 aromatic rings. The van der Waals surface area contributed by atoms with Crippen molar-refractivity contribution in [3.05, 3.63) is 29.8 Å². The van der Waals surface area contributed by atoms with E-state index in [2.05, 4.69) is 16.7 Å². The van der Waals surface area contributed by atoms with Crippen LogP contribution in [0.15, 0.2) is 24.3 Å². The van der Waals surface area contributed by atoms with Gasteiger partial charge in [-0.15, -0.1) is 0 Å². The van der Waals surface area contributed by atoms with Crippen LogP contribution < -0.4 is 15.4 Å². The first kappa shape index (κ1) is 9.27. The lowest BCUT2D eigenvalue weighted by Gasteiger charge is -2.10. The summed E-state index contributed by atoms with van der Waals surface area (Å²) in [6, 6.07) is 8.27. The molecule has 2 N–H and O–H groups in total. The van der Waals surface area contributed by atoms with Gasteiger partial charge >= 0.3 is 0 Å². The summed E-state index contributed by atoms with van der Waals surface area (Å²) in [7, 11) is 1.67. The van der Waals surface area contributed by atoms with Crippen molar-refractivity contribution in [1.29, 1.82) is 0 Å². The first-order valence-electron chi connectivity index (χ1n) is 4.48. The molecule has 0 radical (unpaired) electrons. The summed E-state index contributed by atoms with van der Waals surface area (Å²) in [4.78, 5) is 0. The Bertz CT molecular complexity index is 354. The average molecular weight is 208 g/mol. The number of nitrogens with one attached hydrogen (secondary N) is 2. The van der Waals surface area contributed by atoms with Crippen LogP contribution in [0.25, 0.3) is 0 Å². The summed E-state index contributed by atoms with van der Waals surface area (Å²) >= 11 is 5.00. The third-order valence-electron chi connectivity index (χ3n) is 2.27. The Labute approximate surface area is 88.5 Å². The highest BCUT2D eigenvalue weighted by molar-refractivity contribution is 7.80. The standard InChI is InChI=1S/C10H12N2OS/c1-13-8-4-2-3-7(5-8)9-6-11-10(14)12-9/h2-5,9H,6H2,1H3,(H2,11,12,14). The molecule has 4 heteroatoms. The van der Waals surface area contributed by atoms with Crippen molar-refractivity contribution in [2.75, 3.05) is 13.7 Å². The Morgan fingerprint density at radius 1 is 1.50 bits per heavy atom. The molecule has 0 bridgehead atoms. The van der Waals surface area contributed by atoms with Gasteiger partial charge in [0, 0.05) is 6.54 Å². The van der Waals surface area contributed by atoms with Gasteiger partial charge in [0.15, 0.2) is 5.11 Å². The maximum atomic E-state index is 5.16. The molecule has 0 spiro atoms. The van der Waals surface area contributed by atoms with Crippen LogP contribution in [0.1, 0.15) is 11.6 Å². The molecule has 1 unspecified atom stereocenters. The molecule has 0 aromatic heterocycles. The lowest BCUT2D eigenvalue weighted by Crippen LogP contribution is -2.21. The van der Waals surface area contributed by atoms with E-state index in [0.717, 1.165) is 17.4 Å². The van der Waals surface area contributed by atoms with Crippen molar-refractivity contribution < 1.29 is 4.74 Å². The third-order valence-corrected chi connectivity index (χ3v) is 2.53. The van der Waals surface area contributed by atoms with E-state index in [1.54, 1.807) is 7.11 Å². The zero-order chi connectivity index (χ0) is 9.97. The largest absolute Gasteiger partial charge is 0.497 e. The van der Waals surface area contributed by atoms with Crippen molar-refractivity contribution in [3.63, 3.8) is 0 Å². The normalized spacial score (nSPS) is 20.1. The first-order valence-corrected chi connectivity index (χ1v) is 4.89. The number of methoxy groups -OCH3 is 1. The molecule has 1 fully saturated rings. The van der Waals surface area contributed by atoms with E-state index >= 15 is 0 Å². The summed E-state index contributed by atoms with van der Waals surface area (Å²) in [5, 5.41) is 6.99. The van der Waals surface area contributed by atoms with Gasteiger partial charge in [-0.05, 0) is 29.9 Å². The lowest BCUT2D eigenvalue weighted by atomic mass is 10.1. The molecule has 0 saturated carbocycles. The average Bonchev–Trinajstić information content (AvgIpc) is 2.65. The summed E-state index contributed by atoms with van der Waals surface area (Å²) in [5.41, 5.74) is 1.19. The van der Waals surface area contributed by atoms with Gasteiger partial charge in [0.1, 0.15) is 5.75 Å². The zero-order valence-corrected chi connectivity index (χ0v) is 8.73.